The molecule has 0 aromatic heterocycles. The molecule has 2 aromatic carbocycles. The lowest BCUT2D eigenvalue weighted by Crippen LogP contribution is -2.29. The van der Waals surface area contributed by atoms with Crippen molar-refractivity contribution >= 4 is 23.2 Å². The Hall–Kier alpha value is -3.10. The lowest BCUT2D eigenvalue weighted by molar-refractivity contribution is -0.128. The van der Waals surface area contributed by atoms with E-state index < -0.39 is 5.91 Å². The van der Waals surface area contributed by atoms with Crippen LogP contribution < -0.4 is 16.4 Å². The number of ether oxygens (including phenoxy) is 1. The van der Waals surface area contributed by atoms with Crippen molar-refractivity contribution in [2.75, 3.05) is 18.5 Å². The van der Waals surface area contributed by atoms with E-state index in [-0.39, 0.29) is 24.8 Å². The summed E-state index contributed by atoms with van der Waals surface area (Å²) in [5, 5.41) is 8.02. The first-order valence-corrected chi connectivity index (χ1v) is 7.97. The maximum Gasteiger partial charge on any atom is 0.250 e. The molecule has 0 aliphatic carbocycles. The third-order valence-electron chi connectivity index (χ3n) is 3.46. The number of nitroso groups, excluding NO2 is 1. The van der Waals surface area contributed by atoms with Crippen LogP contribution in [0.3, 0.4) is 0 Å². The number of rotatable bonds is 9. The van der Waals surface area contributed by atoms with Crippen LogP contribution in [-0.4, -0.2) is 25.0 Å². The minimum Gasteiger partial charge on any atom is -0.362 e. The lowest BCUT2D eigenvalue weighted by atomic mass is 10.1. The number of benzene rings is 2. The number of nitrogens with two attached hydrogens (primary N) is 1. The van der Waals surface area contributed by atoms with Gasteiger partial charge in [0, 0.05) is 13.1 Å². The molecule has 26 heavy (non-hydrogen) atoms. The zero-order chi connectivity index (χ0) is 18.8. The molecule has 0 unspecified atom stereocenters. The van der Waals surface area contributed by atoms with Crippen molar-refractivity contribution in [3.05, 3.63) is 64.6 Å². The van der Waals surface area contributed by atoms with Gasteiger partial charge < -0.3 is 21.1 Å². The van der Waals surface area contributed by atoms with E-state index in [9.17, 15) is 14.5 Å². The molecule has 8 heteroatoms. The maximum atomic E-state index is 11.8. The van der Waals surface area contributed by atoms with Gasteiger partial charge in [-0.2, -0.15) is 0 Å². The Bertz CT molecular complexity index is 779. The number of nitrogens with zero attached hydrogens (tertiary/aromatic N) is 1. The Morgan fingerprint density at radius 2 is 1.73 bits per heavy atom. The van der Waals surface area contributed by atoms with Gasteiger partial charge >= 0.3 is 0 Å². The summed E-state index contributed by atoms with van der Waals surface area (Å²) >= 11 is 0. The molecule has 0 aliphatic rings. The van der Waals surface area contributed by atoms with Crippen molar-refractivity contribution in [1.29, 1.82) is 0 Å². The van der Waals surface area contributed by atoms with Crippen LogP contribution in [0.25, 0.3) is 0 Å². The average molecular weight is 356 g/mol. The van der Waals surface area contributed by atoms with Gasteiger partial charge in [-0.3, -0.25) is 9.59 Å². The van der Waals surface area contributed by atoms with E-state index in [1.165, 1.54) is 6.07 Å². The van der Waals surface area contributed by atoms with Crippen molar-refractivity contribution < 1.29 is 14.3 Å². The summed E-state index contributed by atoms with van der Waals surface area (Å²) in [7, 11) is 0. The molecule has 4 N–H and O–H groups in total. The Labute approximate surface area is 150 Å². The molecular formula is C18H20N4O4. The SMILES string of the molecule is NCc1cccc(CNC(=O)COCC(=O)Nc2ccccc2N=O)c1. The zero-order valence-electron chi connectivity index (χ0n) is 14.1. The van der Waals surface area contributed by atoms with Gasteiger partial charge in [0.05, 0.1) is 5.69 Å². The molecule has 2 rings (SSSR count). The monoisotopic (exact) mass is 356 g/mol. The topological polar surface area (TPSA) is 123 Å². The molecule has 0 heterocycles. The van der Waals surface area contributed by atoms with Gasteiger partial charge in [0.15, 0.2) is 0 Å². The molecule has 2 amide bonds. The molecule has 0 radical (unpaired) electrons. The number of para-hydroxylation sites is 1. The van der Waals surface area contributed by atoms with Crippen molar-refractivity contribution in [2.45, 2.75) is 13.1 Å². The van der Waals surface area contributed by atoms with Gasteiger partial charge in [0.1, 0.15) is 18.9 Å². The van der Waals surface area contributed by atoms with E-state index in [0.29, 0.717) is 18.8 Å². The molecule has 2 aromatic rings. The molecule has 0 saturated heterocycles. The summed E-state index contributed by atoms with van der Waals surface area (Å²) in [5.41, 5.74) is 7.90. The van der Waals surface area contributed by atoms with Crippen LogP contribution in [0.15, 0.2) is 53.7 Å². The molecule has 0 bridgehead atoms. The fourth-order valence-corrected chi connectivity index (χ4v) is 2.20. The van der Waals surface area contributed by atoms with Crippen LogP contribution >= 0.6 is 0 Å². The van der Waals surface area contributed by atoms with Crippen LogP contribution in [0.1, 0.15) is 11.1 Å². The Morgan fingerprint density at radius 3 is 2.50 bits per heavy atom. The van der Waals surface area contributed by atoms with Gasteiger partial charge in [-0.05, 0) is 28.4 Å². The molecule has 0 aliphatic heterocycles. The molecular weight excluding hydrogens is 336 g/mol. The quantitative estimate of drug-likeness (QED) is 0.591. The number of carbonyl (C=O) groups is 2. The summed E-state index contributed by atoms with van der Waals surface area (Å²) < 4.78 is 5.08. The standard InChI is InChI=1S/C18H20N4O4/c19-9-13-4-3-5-14(8-13)10-20-17(23)11-26-12-18(24)21-15-6-1-2-7-16(15)22-25/h1-8H,9-12,19H2,(H,20,23)(H,21,24). The van der Waals surface area contributed by atoms with Crippen LogP contribution in [-0.2, 0) is 27.4 Å². The molecule has 136 valence electrons. The second-order valence-electron chi connectivity index (χ2n) is 5.45. The van der Waals surface area contributed by atoms with E-state index in [1.54, 1.807) is 18.2 Å². The molecule has 0 saturated carbocycles. The average Bonchev–Trinajstić information content (AvgIpc) is 2.67. The number of hydrogen-bond donors (Lipinski definition) is 3. The highest BCUT2D eigenvalue weighted by Gasteiger charge is 2.08. The minimum atomic E-state index is -0.482. The summed E-state index contributed by atoms with van der Waals surface area (Å²) in [6, 6.07) is 13.9. The van der Waals surface area contributed by atoms with Crippen molar-refractivity contribution in [2.24, 2.45) is 10.9 Å². The van der Waals surface area contributed by atoms with E-state index in [1.807, 2.05) is 24.3 Å². The van der Waals surface area contributed by atoms with Gasteiger partial charge in [0.25, 0.3) is 0 Å². The largest absolute Gasteiger partial charge is 0.362 e. The van der Waals surface area contributed by atoms with Crippen molar-refractivity contribution in [3.63, 3.8) is 0 Å². The van der Waals surface area contributed by atoms with Crippen molar-refractivity contribution in [3.8, 4) is 0 Å². The Kier molecular flexibility index (Phi) is 7.41. The minimum absolute atomic E-state index is 0.123. The number of hydrogen-bond acceptors (Lipinski definition) is 6. The highest BCUT2D eigenvalue weighted by atomic mass is 16.5. The number of carbonyl (C=O) groups excluding carboxylic acids is 2. The van der Waals surface area contributed by atoms with Crippen molar-refractivity contribution in [1.82, 2.24) is 5.32 Å². The van der Waals surface area contributed by atoms with E-state index >= 15 is 0 Å². The van der Waals surface area contributed by atoms with Crippen LogP contribution in [0.5, 0.6) is 0 Å². The number of amides is 2. The van der Waals surface area contributed by atoms with Crippen LogP contribution in [0.4, 0.5) is 11.4 Å². The first kappa shape index (κ1) is 19.2. The smallest absolute Gasteiger partial charge is 0.250 e. The predicted octanol–water partition coefficient (Wildman–Crippen LogP) is 1.81. The highest BCUT2D eigenvalue weighted by Crippen LogP contribution is 2.23. The van der Waals surface area contributed by atoms with Gasteiger partial charge in [-0.25, -0.2) is 0 Å². The van der Waals surface area contributed by atoms with Gasteiger partial charge in [0.2, 0.25) is 11.8 Å². The predicted molar refractivity (Wildman–Crippen MR) is 97.5 cm³/mol. The maximum absolute atomic E-state index is 11.8. The van der Waals surface area contributed by atoms with Gasteiger partial charge in [-0.1, -0.05) is 36.4 Å². The van der Waals surface area contributed by atoms with Crippen LogP contribution in [0, 0.1) is 4.91 Å². The second-order valence-corrected chi connectivity index (χ2v) is 5.45. The lowest BCUT2D eigenvalue weighted by Gasteiger charge is -2.08. The molecule has 0 fully saturated rings. The van der Waals surface area contributed by atoms with E-state index in [4.69, 9.17) is 10.5 Å². The van der Waals surface area contributed by atoms with Gasteiger partial charge in [-0.15, -0.1) is 4.91 Å². The Balaban J connectivity index is 1.70. The Morgan fingerprint density at radius 1 is 1.00 bits per heavy atom. The number of anilines is 1. The first-order chi connectivity index (χ1) is 12.6. The number of nitrogens with one attached hydrogen (secondary N) is 2. The molecule has 0 atom stereocenters. The van der Waals surface area contributed by atoms with E-state index in [2.05, 4.69) is 15.8 Å². The highest BCUT2D eigenvalue weighted by molar-refractivity contribution is 5.94. The normalized spacial score (nSPS) is 10.2. The summed E-state index contributed by atoms with van der Waals surface area (Å²) in [6.45, 7) is 0.213. The van der Waals surface area contributed by atoms with Crippen LogP contribution in [0.2, 0.25) is 0 Å². The third-order valence-corrected chi connectivity index (χ3v) is 3.46. The summed E-state index contributed by atoms with van der Waals surface area (Å²) in [5.74, 6) is -0.824. The summed E-state index contributed by atoms with van der Waals surface area (Å²) in [4.78, 5) is 34.2. The van der Waals surface area contributed by atoms with E-state index in [0.717, 1.165) is 11.1 Å². The molecule has 8 nitrogen and oxygen atoms in total. The first-order valence-electron chi connectivity index (χ1n) is 7.97. The fraction of sp³-hybridized carbons (Fsp3) is 0.222. The summed E-state index contributed by atoms with van der Waals surface area (Å²) in [6.07, 6.45) is 0. The fourth-order valence-electron chi connectivity index (χ4n) is 2.20. The zero-order valence-corrected chi connectivity index (χ0v) is 14.1. The molecule has 0 spiro atoms. The second kappa shape index (κ2) is 10.0. The third kappa shape index (κ3) is 6.08.